The molecule has 6 nitrogen and oxygen atoms in total. The van der Waals surface area contributed by atoms with Gasteiger partial charge in [-0.15, -0.1) is 0 Å². The first-order valence-corrected chi connectivity index (χ1v) is 8.41. The fourth-order valence-electron chi connectivity index (χ4n) is 3.18. The number of nitrogens with zero attached hydrogens (tertiary/aromatic N) is 4. The molecule has 1 aliphatic rings. The standard InChI is InChI=1S/C19H19N5O/c25-19(22-17-12-7-13-23-18(17)20-14-21-23)24(15-8-3-1-4-9-15)16-10-5-2-6-11-16/h1-6,8-11,14,17H,7,12-13H2,(H,22,25)/t17-/m0/s1. The minimum absolute atomic E-state index is 0.126. The molecular weight excluding hydrogens is 314 g/mol. The zero-order valence-electron chi connectivity index (χ0n) is 13.7. The van der Waals surface area contributed by atoms with Crippen molar-refractivity contribution in [3.8, 4) is 0 Å². The molecule has 0 saturated carbocycles. The molecule has 1 aliphatic heterocycles. The van der Waals surface area contributed by atoms with E-state index in [0.29, 0.717) is 0 Å². The van der Waals surface area contributed by atoms with Crippen molar-refractivity contribution < 1.29 is 4.79 Å². The highest BCUT2D eigenvalue weighted by Crippen LogP contribution is 2.27. The molecule has 0 unspecified atom stereocenters. The van der Waals surface area contributed by atoms with Crippen LogP contribution in [0.1, 0.15) is 24.7 Å². The lowest BCUT2D eigenvalue weighted by Crippen LogP contribution is -2.41. The molecule has 1 N–H and O–H groups in total. The van der Waals surface area contributed by atoms with Gasteiger partial charge in [-0.25, -0.2) is 14.5 Å². The van der Waals surface area contributed by atoms with Crippen molar-refractivity contribution in [2.75, 3.05) is 4.90 Å². The van der Waals surface area contributed by atoms with Gasteiger partial charge in [0.05, 0.1) is 17.4 Å². The van der Waals surface area contributed by atoms with E-state index in [9.17, 15) is 4.79 Å². The van der Waals surface area contributed by atoms with E-state index in [1.165, 1.54) is 0 Å². The Morgan fingerprint density at radius 3 is 2.32 bits per heavy atom. The summed E-state index contributed by atoms with van der Waals surface area (Å²) in [6.45, 7) is 0.850. The number of hydrogen-bond acceptors (Lipinski definition) is 3. The first-order chi connectivity index (χ1) is 12.3. The van der Waals surface area contributed by atoms with Crippen LogP contribution in [0.4, 0.5) is 16.2 Å². The van der Waals surface area contributed by atoms with Gasteiger partial charge in [0, 0.05) is 6.54 Å². The van der Waals surface area contributed by atoms with Crippen molar-refractivity contribution in [1.29, 1.82) is 0 Å². The largest absolute Gasteiger partial charge is 0.327 e. The maximum atomic E-state index is 13.1. The van der Waals surface area contributed by atoms with Gasteiger partial charge in [0.1, 0.15) is 12.2 Å². The van der Waals surface area contributed by atoms with Crippen molar-refractivity contribution in [1.82, 2.24) is 20.1 Å². The lowest BCUT2D eigenvalue weighted by atomic mass is 10.1. The molecule has 126 valence electrons. The summed E-state index contributed by atoms with van der Waals surface area (Å²) in [5.74, 6) is 0.820. The van der Waals surface area contributed by atoms with Crippen LogP contribution in [0.5, 0.6) is 0 Å². The number of nitrogens with one attached hydrogen (secondary N) is 1. The van der Waals surface area contributed by atoms with Gasteiger partial charge >= 0.3 is 6.03 Å². The number of hydrogen-bond donors (Lipinski definition) is 1. The number of urea groups is 1. The SMILES string of the molecule is O=C(N[C@H]1CCCn2ncnc21)N(c1ccccc1)c1ccccc1. The van der Waals surface area contributed by atoms with E-state index in [0.717, 1.165) is 36.6 Å². The molecule has 2 heterocycles. The number of carbonyl (C=O) groups excluding carboxylic acids is 1. The van der Waals surface area contributed by atoms with Gasteiger partial charge in [0.15, 0.2) is 0 Å². The number of amides is 2. The second kappa shape index (κ2) is 6.76. The van der Waals surface area contributed by atoms with Crippen molar-refractivity contribution in [3.05, 3.63) is 72.8 Å². The van der Waals surface area contributed by atoms with Crippen molar-refractivity contribution in [3.63, 3.8) is 0 Å². The predicted molar refractivity (Wildman–Crippen MR) is 95.6 cm³/mol. The second-order valence-electron chi connectivity index (χ2n) is 5.99. The Balaban J connectivity index is 1.63. The van der Waals surface area contributed by atoms with Gasteiger partial charge in [-0.1, -0.05) is 36.4 Å². The van der Waals surface area contributed by atoms with Crippen LogP contribution < -0.4 is 10.2 Å². The zero-order chi connectivity index (χ0) is 17.1. The van der Waals surface area contributed by atoms with Crippen molar-refractivity contribution in [2.45, 2.75) is 25.4 Å². The van der Waals surface area contributed by atoms with Crippen LogP contribution in [0.2, 0.25) is 0 Å². The van der Waals surface area contributed by atoms with Crippen LogP contribution in [0.25, 0.3) is 0 Å². The molecule has 6 heteroatoms. The van der Waals surface area contributed by atoms with E-state index in [-0.39, 0.29) is 12.1 Å². The highest BCUT2D eigenvalue weighted by Gasteiger charge is 2.27. The van der Waals surface area contributed by atoms with E-state index in [2.05, 4.69) is 15.4 Å². The molecule has 0 aliphatic carbocycles. The van der Waals surface area contributed by atoms with Crippen molar-refractivity contribution >= 4 is 17.4 Å². The van der Waals surface area contributed by atoms with E-state index in [4.69, 9.17) is 0 Å². The average Bonchev–Trinajstić information content (AvgIpc) is 3.14. The fraction of sp³-hybridized carbons (Fsp3) is 0.211. The van der Waals surface area contributed by atoms with Gasteiger partial charge in [-0.3, -0.25) is 4.90 Å². The Morgan fingerprint density at radius 1 is 1.04 bits per heavy atom. The molecule has 3 aromatic rings. The average molecular weight is 333 g/mol. The topological polar surface area (TPSA) is 63.1 Å². The van der Waals surface area contributed by atoms with E-state index < -0.39 is 0 Å². The van der Waals surface area contributed by atoms with Crippen LogP contribution in [0.3, 0.4) is 0 Å². The minimum Gasteiger partial charge on any atom is -0.327 e. The van der Waals surface area contributed by atoms with E-state index in [1.54, 1.807) is 11.2 Å². The molecule has 0 fully saturated rings. The number of rotatable bonds is 3. The summed E-state index contributed by atoms with van der Waals surface area (Å²) < 4.78 is 1.86. The highest BCUT2D eigenvalue weighted by atomic mass is 16.2. The third-order valence-electron chi connectivity index (χ3n) is 4.35. The second-order valence-corrected chi connectivity index (χ2v) is 5.99. The van der Waals surface area contributed by atoms with Gasteiger partial charge in [-0.2, -0.15) is 5.10 Å². The van der Waals surface area contributed by atoms with Crippen LogP contribution in [-0.2, 0) is 6.54 Å². The van der Waals surface area contributed by atoms with E-state index >= 15 is 0 Å². The number of aryl methyl sites for hydroxylation is 1. The lowest BCUT2D eigenvalue weighted by Gasteiger charge is -2.28. The Kier molecular flexibility index (Phi) is 4.16. The zero-order valence-corrected chi connectivity index (χ0v) is 13.7. The van der Waals surface area contributed by atoms with Gasteiger partial charge in [0.2, 0.25) is 0 Å². The summed E-state index contributed by atoms with van der Waals surface area (Å²) >= 11 is 0. The number of carbonyl (C=O) groups is 1. The lowest BCUT2D eigenvalue weighted by molar-refractivity contribution is 0.240. The molecule has 0 bridgehead atoms. The molecule has 0 radical (unpaired) electrons. The van der Waals surface area contributed by atoms with Crippen LogP contribution in [0, 0.1) is 0 Å². The number of para-hydroxylation sites is 2. The molecule has 2 aromatic carbocycles. The number of anilines is 2. The molecule has 4 rings (SSSR count). The summed E-state index contributed by atoms with van der Waals surface area (Å²) in [6.07, 6.45) is 3.38. The van der Waals surface area contributed by atoms with Crippen LogP contribution in [0.15, 0.2) is 67.0 Å². The Labute approximate surface area is 146 Å². The number of aromatic nitrogens is 3. The van der Waals surface area contributed by atoms with Gasteiger partial charge in [0.25, 0.3) is 0 Å². The smallest absolute Gasteiger partial charge is 0.327 e. The monoisotopic (exact) mass is 333 g/mol. The highest BCUT2D eigenvalue weighted by molar-refractivity contribution is 5.99. The Hall–Kier alpha value is -3.15. The maximum absolute atomic E-state index is 13.1. The van der Waals surface area contributed by atoms with Crippen LogP contribution >= 0.6 is 0 Å². The van der Waals surface area contributed by atoms with E-state index in [1.807, 2.05) is 65.3 Å². The molecule has 1 atom stereocenters. The molecule has 0 spiro atoms. The van der Waals surface area contributed by atoms with Crippen molar-refractivity contribution in [2.24, 2.45) is 0 Å². The molecule has 0 saturated heterocycles. The predicted octanol–water partition coefficient (Wildman–Crippen LogP) is 3.66. The third kappa shape index (κ3) is 3.10. The summed E-state index contributed by atoms with van der Waals surface area (Å²) in [5, 5.41) is 7.34. The first-order valence-electron chi connectivity index (χ1n) is 8.41. The summed E-state index contributed by atoms with van der Waals surface area (Å²) in [7, 11) is 0. The normalized spacial score (nSPS) is 16.1. The number of benzene rings is 2. The van der Waals surface area contributed by atoms with Crippen LogP contribution in [-0.4, -0.2) is 20.8 Å². The van der Waals surface area contributed by atoms with Gasteiger partial charge < -0.3 is 5.32 Å². The first kappa shape index (κ1) is 15.4. The minimum atomic E-state index is -0.168. The quantitative estimate of drug-likeness (QED) is 0.795. The summed E-state index contributed by atoms with van der Waals surface area (Å²) in [5.41, 5.74) is 1.65. The maximum Gasteiger partial charge on any atom is 0.327 e. The Morgan fingerprint density at radius 2 is 1.68 bits per heavy atom. The van der Waals surface area contributed by atoms with Gasteiger partial charge in [-0.05, 0) is 37.1 Å². The molecule has 1 aromatic heterocycles. The Bertz CT molecular complexity index is 807. The molecule has 25 heavy (non-hydrogen) atoms. The summed E-state index contributed by atoms with van der Waals surface area (Å²) in [6, 6.07) is 19.0. The molecular formula is C19H19N5O. The number of fused-ring (bicyclic) bond motifs is 1. The summed E-state index contributed by atoms with van der Waals surface area (Å²) in [4.78, 5) is 19.1. The third-order valence-corrected chi connectivity index (χ3v) is 4.35. The molecule has 2 amide bonds. The fourth-order valence-corrected chi connectivity index (χ4v) is 3.18.